The number of carbonyl (C=O) groups is 1. The molecule has 0 aliphatic heterocycles. The molecule has 2 aromatic heterocycles. The number of aromatic carboxylic acids is 1. The number of pyridine rings is 1. The van der Waals surface area contributed by atoms with E-state index in [1.165, 1.54) is 4.68 Å². The summed E-state index contributed by atoms with van der Waals surface area (Å²) in [6.07, 6.45) is 3.33. The summed E-state index contributed by atoms with van der Waals surface area (Å²) in [6, 6.07) is 12.8. The molecule has 1 N–H and O–H groups in total. The van der Waals surface area contributed by atoms with Crippen molar-refractivity contribution in [1.82, 2.24) is 14.8 Å². The van der Waals surface area contributed by atoms with Crippen LogP contribution in [0.1, 0.15) is 16.1 Å². The van der Waals surface area contributed by atoms with Crippen LogP contribution in [0.15, 0.2) is 54.9 Å². The van der Waals surface area contributed by atoms with Gasteiger partial charge in [0.1, 0.15) is 0 Å². The van der Waals surface area contributed by atoms with Crippen molar-refractivity contribution in [2.24, 2.45) is 0 Å². The van der Waals surface area contributed by atoms with Gasteiger partial charge in [-0.25, -0.2) is 9.48 Å². The van der Waals surface area contributed by atoms with Crippen molar-refractivity contribution < 1.29 is 9.90 Å². The van der Waals surface area contributed by atoms with E-state index in [1.807, 2.05) is 37.3 Å². The molecule has 0 aliphatic carbocycles. The van der Waals surface area contributed by atoms with Crippen molar-refractivity contribution in [2.75, 3.05) is 0 Å². The fraction of sp³-hybridized carbons (Fsp3) is 0.0625. The quantitative estimate of drug-likeness (QED) is 0.800. The molecule has 0 saturated heterocycles. The topological polar surface area (TPSA) is 68.0 Å². The molecule has 0 aliphatic rings. The van der Waals surface area contributed by atoms with Gasteiger partial charge < -0.3 is 5.11 Å². The van der Waals surface area contributed by atoms with Crippen LogP contribution < -0.4 is 0 Å². The van der Waals surface area contributed by atoms with Crippen LogP contribution in [0.3, 0.4) is 0 Å². The number of rotatable bonds is 3. The zero-order valence-electron chi connectivity index (χ0n) is 11.4. The number of benzene rings is 1. The Labute approximate surface area is 121 Å². The summed E-state index contributed by atoms with van der Waals surface area (Å²) < 4.78 is 1.44. The highest BCUT2D eigenvalue weighted by atomic mass is 16.4. The van der Waals surface area contributed by atoms with E-state index in [2.05, 4.69) is 10.1 Å². The molecule has 0 atom stereocenters. The molecule has 0 fully saturated rings. The van der Waals surface area contributed by atoms with E-state index in [1.54, 1.807) is 24.5 Å². The molecule has 0 amide bonds. The zero-order valence-corrected chi connectivity index (χ0v) is 11.4. The van der Waals surface area contributed by atoms with E-state index in [-0.39, 0.29) is 5.69 Å². The predicted octanol–water partition coefficient (Wildman–Crippen LogP) is 2.94. The minimum atomic E-state index is -1.01. The van der Waals surface area contributed by atoms with Gasteiger partial charge >= 0.3 is 5.97 Å². The van der Waals surface area contributed by atoms with E-state index >= 15 is 0 Å². The van der Waals surface area contributed by atoms with Crippen LogP contribution >= 0.6 is 0 Å². The van der Waals surface area contributed by atoms with Crippen LogP contribution in [0.25, 0.3) is 16.9 Å². The molecule has 3 aromatic rings. The van der Waals surface area contributed by atoms with Crippen LogP contribution in [0.5, 0.6) is 0 Å². The molecular weight excluding hydrogens is 266 g/mol. The van der Waals surface area contributed by atoms with Gasteiger partial charge in [-0.15, -0.1) is 0 Å². The normalized spacial score (nSPS) is 10.5. The van der Waals surface area contributed by atoms with Gasteiger partial charge in [0.2, 0.25) is 0 Å². The van der Waals surface area contributed by atoms with Gasteiger partial charge in [0, 0.05) is 18.0 Å². The molecule has 21 heavy (non-hydrogen) atoms. The molecule has 104 valence electrons. The van der Waals surface area contributed by atoms with E-state index in [0.717, 1.165) is 16.8 Å². The molecule has 2 heterocycles. The highest BCUT2D eigenvalue weighted by Gasteiger charge is 2.16. The summed E-state index contributed by atoms with van der Waals surface area (Å²) >= 11 is 0. The molecule has 0 bridgehead atoms. The second-order valence-electron chi connectivity index (χ2n) is 4.71. The van der Waals surface area contributed by atoms with Gasteiger partial charge in [-0.2, -0.15) is 5.10 Å². The Hall–Kier alpha value is -2.95. The summed E-state index contributed by atoms with van der Waals surface area (Å²) in [5.41, 5.74) is 3.26. The minimum Gasteiger partial charge on any atom is -0.477 e. The first-order chi connectivity index (χ1) is 10.1. The van der Waals surface area contributed by atoms with Crippen molar-refractivity contribution in [2.45, 2.75) is 6.92 Å². The maximum Gasteiger partial charge on any atom is 0.354 e. The van der Waals surface area contributed by atoms with Crippen LogP contribution in [-0.4, -0.2) is 25.8 Å². The van der Waals surface area contributed by atoms with Crippen LogP contribution in [-0.2, 0) is 0 Å². The lowest BCUT2D eigenvalue weighted by atomic mass is 10.2. The number of carboxylic acids is 1. The highest BCUT2D eigenvalue weighted by molar-refractivity contribution is 5.88. The van der Waals surface area contributed by atoms with Crippen molar-refractivity contribution >= 4 is 5.97 Å². The number of aryl methyl sites for hydroxylation is 1. The second kappa shape index (κ2) is 5.20. The maximum absolute atomic E-state index is 11.4. The molecule has 0 unspecified atom stereocenters. The van der Waals surface area contributed by atoms with Gasteiger partial charge in [0.25, 0.3) is 0 Å². The molecular formula is C16H13N3O2. The Kier molecular flexibility index (Phi) is 3.23. The second-order valence-corrected chi connectivity index (χ2v) is 4.71. The Morgan fingerprint density at radius 3 is 2.71 bits per heavy atom. The lowest BCUT2D eigenvalue weighted by Crippen LogP contribution is -2.07. The smallest absolute Gasteiger partial charge is 0.354 e. The summed E-state index contributed by atoms with van der Waals surface area (Å²) in [6.45, 7) is 1.95. The first kappa shape index (κ1) is 13.1. The highest BCUT2D eigenvalue weighted by Crippen LogP contribution is 2.21. The first-order valence-corrected chi connectivity index (χ1v) is 6.46. The first-order valence-electron chi connectivity index (χ1n) is 6.46. The Balaban J connectivity index is 2.16. The predicted molar refractivity (Wildman–Crippen MR) is 78.5 cm³/mol. The van der Waals surface area contributed by atoms with Crippen molar-refractivity contribution in [3.8, 4) is 16.9 Å². The molecule has 5 nitrogen and oxygen atoms in total. The van der Waals surface area contributed by atoms with Crippen LogP contribution in [0, 0.1) is 6.92 Å². The van der Waals surface area contributed by atoms with Crippen molar-refractivity contribution in [3.63, 3.8) is 0 Å². The van der Waals surface area contributed by atoms with Gasteiger partial charge in [-0.3, -0.25) is 4.98 Å². The average Bonchev–Trinajstić information content (AvgIpc) is 2.93. The Morgan fingerprint density at radius 1 is 1.19 bits per heavy atom. The standard InChI is InChI=1S/C16H13N3O2/c1-11-4-2-6-13(8-11)19-15(16(20)21)9-14(18-19)12-5-3-7-17-10-12/h2-10H,1H3,(H,20,21). The number of hydrogen-bond acceptors (Lipinski definition) is 3. The summed E-state index contributed by atoms with van der Waals surface area (Å²) in [7, 11) is 0. The van der Waals surface area contributed by atoms with Gasteiger partial charge in [-0.05, 0) is 42.8 Å². The minimum absolute atomic E-state index is 0.124. The molecule has 3 rings (SSSR count). The number of aromatic nitrogens is 3. The third-order valence-corrected chi connectivity index (χ3v) is 3.13. The summed E-state index contributed by atoms with van der Waals surface area (Å²) in [5, 5.41) is 13.8. The lowest BCUT2D eigenvalue weighted by Gasteiger charge is -2.05. The van der Waals surface area contributed by atoms with E-state index in [0.29, 0.717) is 5.69 Å². The molecule has 0 radical (unpaired) electrons. The average molecular weight is 279 g/mol. The van der Waals surface area contributed by atoms with Crippen molar-refractivity contribution in [3.05, 3.63) is 66.1 Å². The van der Waals surface area contributed by atoms with Crippen LogP contribution in [0.4, 0.5) is 0 Å². The fourth-order valence-electron chi connectivity index (χ4n) is 2.15. The number of carboxylic acid groups (broad SMARTS) is 1. The third-order valence-electron chi connectivity index (χ3n) is 3.13. The van der Waals surface area contributed by atoms with E-state index in [9.17, 15) is 9.90 Å². The van der Waals surface area contributed by atoms with Gasteiger partial charge in [0.15, 0.2) is 5.69 Å². The van der Waals surface area contributed by atoms with Crippen LogP contribution in [0.2, 0.25) is 0 Å². The molecule has 0 saturated carbocycles. The fourth-order valence-corrected chi connectivity index (χ4v) is 2.15. The summed E-state index contributed by atoms with van der Waals surface area (Å²) in [5.74, 6) is -1.01. The molecule has 5 heteroatoms. The van der Waals surface area contributed by atoms with Crippen molar-refractivity contribution in [1.29, 1.82) is 0 Å². The van der Waals surface area contributed by atoms with E-state index in [4.69, 9.17) is 0 Å². The maximum atomic E-state index is 11.4. The zero-order chi connectivity index (χ0) is 14.8. The van der Waals surface area contributed by atoms with Gasteiger partial charge in [0.05, 0.1) is 11.4 Å². The monoisotopic (exact) mass is 279 g/mol. The Bertz CT molecular complexity index is 794. The number of hydrogen-bond donors (Lipinski definition) is 1. The number of nitrogens with zero attached hydrogens (tertiary/aromatic N) is 3. The summed E-state index contributed by atoms with van der Waals surface area (Å²) in [4.78, 5) is 15.5. The SMILES string of the molecule is Cc1cccc(-n2nc(-c3cccnc3)cc2C(=O)O)c1. The van der Waals surface area contributed by atoms with Gasteiger partial charge in [-0.1, -0.05) is 12.1 Å². The molecule has 0 spiro atoms. The molecule has 1 aromatic carbocycles. The lowest BCUT2D eigenvalue weighted by molar-refractivity contribution is 0.0687. The third kappa shape index (κ3) is 2.53. The van der Waals surface area contributed by atoms with E-state index < -0.39 is 5.97 Å². The largest absolute Gasteiger partial charge is 0.477 e. The Morgan fingerprint density at radius 2 is 2.05 bits per heavy atom.